The minimum atomic E-state index is -0.763. The van der Waals surface area contributed by atoms with Crippen LogP contribution in [0.2, 0.25) is 0 Å². The summed E-state index contributed by atoms with van der Waals surface area (Å²) < 4.78 is 1.57. The molecule has 106 valence electrons. The Balaban J connectivity index is 2.17. The molecule has 0 aliphatic rings. The Morgan fingerprint density at radius 3 is 2.79 bits per heavy atom. The van der Waals surface area contributed by atoms with Gasteiger partial charge in [0.1, 0.15) is 6.54 Å². The molecule has 0 aromatic carbocycles. The van der Waals surface area contributed by atoms with Crippen LogP contribution in [0.4, 0.5) is 0 Å². The number of amides is 1. The first-order valence-electron chi connectivity index (χ1n) is 6.57. The molecular formula is C13H21N3O3. The summed E-state index contributed by atoms with van der Waals surface area (Å²) in [5.74, 6) is -0.487. The maximum atomic E-state index is 11.6. The van der Waals surface area contributed by atoms with Crippen molar-refractivity contribution in [3.05, 3.63) is 18.5 Å². The lowest BCUT2D eigenvalue weighted by Gasteiger charge is -2.14. The predicted octanol–water partition coefficient (Wildman–Crippen LogP) is 1.28. The van der Waals surface area contributed by atoms with E-state index < -0.39 is 5.97 Å². The van der Waals surface area contributed by atoms with E-state index >= 15 is 0 Å². The Kier molecular flexibility index (Phi) is 6.63. The molecule has 1 amide bonds. The highest BCUT2D eigenvalue weighted by molar-refractivity contribution is 5.75. The molecule has 0 aliphatic carbocycles. The van der Waals surface area contributed by atoms with Gasteiger partial charge in [-0.2, -0.15) is 5.10 Å². The number of rotatable bonds is 9. The van der Waals surface area contributed by atoms with Gasteiger partial charge in [0.05, 0.1) is 0 Å². The fraction of sp³-hybridized carbons (Fsp3) is 0.615. The molecule has 1 aromatic heterocycles. The molecule has 2 N–H and O–H groups in total. The van der Waals surface area contributed by atoms with Crippen molar-refractivity contribution in [2.75, 3.05) is 6.54 Å². The Bertz CT molecular complexity index is 390. The lowest BCUT2D eigenvalue weighted by molar-refractivity contribution is -0.137. The van der Waals surface area contributed by atoms with Gasteiger partial charge in [-0.25, -0.2) is 0 Å². The number of hydrogen-bond acceptors (Lipinski definition) is 3. The van der Waals surface area contributed by atoms with Crippen molar-refractivity contribution in [1.29, 1.82) is 0 Å². The van der Waals surface area contributed by atoms with Crippen LogP contribution in [0.1, 0.15) is 32.6 Å². The third kappa shape index (κ3) is 6.59. The van der Waals surface area contributed by atoms with Gasteiger partial charge < -0.3 is 10.4 Å². The van der Waals surface area contributed by atoms with Crippen molar-refractivity contribution < 1.29 is 14.7 Å². The third-order valence-electron chi connectivity index (χ3n) is 3.08. The minimum Gasteiger partial charge on any atom is -0.481 e. The maximum Gasteiger partial charge on any atom is 0.303 e. The van der Waals surface area contributed by atoms with Crippen LogP contribution in [-0.2, 0) is 16.1 Å². The van der Waals surface area contributed by atoms with E-state index in [0.29, 0.717) is 18.9 Å². The van der Waals surface area contributed by atoms with Gasteiger partial charge in [-0.15, -0.1) is 0 Å². The molecule has 0 spiro atoms. The van der Waals surface area contributed by atoms with Crippen LogP contribution in [0, 0.1) is 5.92 Å². The number of aromatic nitrogens is 2. The highest BCUT2D eigenvalue weighted by Gasteiger charge is 2.09. The Hall–Kier alpha value is -1.85. The van der Waals surface area contributed by atoms with Crippen molar-refractivity contribution in [2.24, 2.45) is 5.92 Å². The van der Waals surface area contributed by atoms with Gasteiger partial charge in [0, 0.05) is 25.4 Å². The zero-order chi connectivity index (χ0) is 14.1. The van der Waals surface area contributed by atoms with Gasteiger partial charge in [0.25, 0.3) is 0 Å². The highest BCUT2D eigenvalue weighted by atomic mass is 16.4. The van der Waals surface area contributed by atoms with Crippen LogP contribution in [0.5, 0.6) is 0 Å². The molecule has 6 nitrogen and oxygen atoms in total. The molecule has 0 saturated carbocycles. The summed E-state index contributed by atoms with van der Waals surface area (Å²) in [5, 5.41) is 15.4. The molecule has 0 saturated heterocycles. The Morgan fingerprint density at radius 1 is 1.42 bits per heavy atom. The fourth-order valence-electron chi connectivity index (χ4n) is 1.89. The zero-order valence-corrected chi connectivity index (χ0v) is 11.2. The molecule has 0 radical (unpaired) electrons. The van der Waals surface area contributed by atoms with Gasteiger partial charge in [0.2, 0.25) is 5.91 Å². The van der Waals surface area contributed by atoms with Crippen LogP contribution < -0.4 is 5.32 Å². The summed E-state index contributed by atoms with van der Waals surface area (Å²) in [6.07, 6.45) is 5.98. The average Bonchev–Trinajstić information content (AvgIpc) is 2.86. The lowest BCUT2D eigenvalue weighted by atomic mass is 9.97. The van der Waals surface area contributed by atoms with E-state index in [4.69, 9.17) is 5.11 Å². The Labute approximate surface area is 112 Å². The van der Waals surface area contributed by atoms with E-state index in [-0.39, 0.29) is 18.9 Å². The fourth-order valence-corrected chi connectivity index (χ4v) is 1.89. The van der Waals surface area contributed by atoms with Crippen LogP contribution in [0.25, 0.3) is 0 Å². The van der Waals surface area contributed by atoms with Crippen LogP contribution in [-0.4, -0.2) is 33.3 Å². The van der Waals surface area contributed by atoms with E-state index in [9.17, 15) is 9.59 Å². The number of aliphatic carboxylic acids is 1. The first-order valence-corrected chi connectivity index (χ1v) is 6.57. The number of carboxylic acid groups (broad SMARTS) is 1. The lowest BCUT2D eigenvalue weighted by Crippen LogP contribution is -2.29. The number of hydrogen-bond donors (Lipinski definition) is 2. The highest BCUT2D eigenvalue weighted by Crippen LogP contribution is 2.14. The number of nitrogens with one attached hydrogen (secondary N) is 1. The SMILES string of the molecule is CCC(CCNC(=O)Cn1cccn1)CCC(=O)O. The smallest absolute Gasteiger partial charge is 0.303 e. The molecule has 1 unspecified atom stereocenters. The first-order chi connectivity index (χ1) is 9.11. The summed E-state index contributed by atoms with van der Waals surface area (Å²) in [6, 6.07) is 1.77. The van der Waals surface area contributed by atoms with Gasteiger partial charge >= 0.3 is 5.97 Å². The average molecular weight is 267 g/mol. The number of carboxylic acids is 1. The van der Waals surface area contributed by atoms with Gasteiger partial charge in [-0.1, -0.05) is 13.3 Å². The summed E-state index contributed by atoms with van der Waals surface area (Å²) >= 11 is 0. The summed E-state index contributed by atoms with van der Waals surface area (Å²) in [6.45, 7) is 2.84. The second kappa shape index (κ2) is 8.29. The molecule has 1 heterocycles. The number of nitrogens with zero attached hydrogens (tertiary/aromatic N) is 2. The normalized spacial score (nSPS) is 12.1. The van der Waals surface area contributed by atoms with E-state index in [1.807, 2.05) is 6.92 Å². The number of carbonyl (C=O) groups excluding carboxylic acids is 1. The molecule has 1 aromatic rings. The van der Waals surface area contributed by atoms with E-state index in [2.05, 4.69) is 10.4 Å². The topological polar surface area (TPSA) is 84.2 Å². The van der Waals surface area contributed by atoms with E-state index in [1.54, 1.807) is 23.1 Å². The molecule has 0 bridgehead atoms. The molecule has 1 atom stereocenters. The molecule has 19 heavy (non-hydrogen) atoms. The van der Waals surface area contributed by atoms with Crippen LogP contribution >= 0.6 is 0 Å². The molecule has 1 rings (SSSR count). The summed E-state index contributed by atoms with van der Waals surface area (Å²) in [4.78, 5) is 22.1. The van der Waals surface area contributed by atoms with Gasteiger partial charge in [-0.3, -0.25) is 14.3 Å². The van der Waals surface area contributed by atoms with Crippen molar-refractivity contribution in [1.82, 2.24) is 15.1 Å². The third-order valence-corrected chi connectivity index (χ3v) is 3.08. The molecule has 0 aliphatic heterocycles. The minimum absolute atomic E-state index is 0.0724. The monoisotopic (exact) mass is 267 g/mol. The predicted molar refractivity (Wildman–Crippen MR) is 70.5 cm³/mol. The van der Waals surface area contributed by atoms with Gasteiger partial charge in [-0.05, 0) is 24.8 Å². The van der Waals surface area contributed by atoms with Gasteiger partial charge in [0.15, 0.2) is 0 Å². The largest absolute Gasteiger partial charge is 0.481 e. The van der Waals surface area contributed by atoms with Crippen molar-refractivity contribution >= 4 is 11.9 Å². The first kappa shape index (κ1) is 15.2. The van der Waals surface area contributed by atoms with Crippen molar-refractivity contribution in [2.45, 2.75) is 39.2 Å². The standard InChI is InChI=1S/C13H21N3O3/c1-2-11(4-5-13(18)19)6-8-14-12(17)10-16-9-3-7-15-16/h3,7,9,11H,2,4-6,8,10H2,1H3,(H,14,17)(H,18,19). The van der Waals surface area contributed by atoms with Crippen LogP contribution in [0.15, 0.2) is 18.5 Å². The molecular weight excluding hydrogens is 246 g/mol. The van der Waals surface area contributed by atoms with E-state index in [0.717, 1.165) is 12.8 Å². The van der Waals surface area contributed by atoms with Crippen molar-refractivity contribution in [3.8, 4) is 0 Å². The summed E-state index contributed by atoms with van der Waals surface area (Å²) in [7, 11) is 0. The second-order valence-electron chi connectivity index (χ2n) is 4.55. The quantitative estimate of drug-likeness (QED) is 0.706. The van der Waals surface area contributed by atoms with E-state index in [1.165, 1.54) is 0 Å². The maximum absolute atomic E-state index is 11.6. The number of carbonyl (C=O) groups is 2. The molecule has 0 fully saturated rings. The van der Waals surface area contributed by atoms with Crippen molar-refractivity contribution in [3.63, 3.8) is 0 Å². The second-order valence-corrected chi connectivity index (χ2v) is 4.55. The van der Waals surface area contributed by atoms with Crippen LogP contribution in [0.3, 0.4) is 0 Å². The molecule has 6 heteroatoms. The summed E-state index contributed by atoms with van der Waals surface area (Å²) in [5.41, 5.74) is 0. The Morgan fingerprint density at radius 2 is 2.21 bits per heavy atom. The zero-order valence-electron chi connectivity index (χ0n) is 11.2.